The van der Waals surface area contributed by atoms with Crippen molar-refractivity contribution in [3.63, 3.8) is 0 Å². The number of para-hydroxylation sites is 4. The summed E-state index contributed by atoms with van der Waals surface area (Å²) >= 11 is 0. The lowest BCUT2D eigenvalue weighted by molar-refractivity contribution is 1.13. The molecule has 4 heteroatoms. The molecule has 0 aliphatic carbocycles. The summed E-state index contributed by atoms with van der Waals surface area (Å²) in [4.78, 5) is 2.37. The van der Waals surface area contributed by atoms with Crippen LogP contribution in [-0.4, -0.2) is 13.7 Å². The van der Waals surface area contributed by atoms with Gasteiger partial charge in [0.15, 0.2) is 0 Å². The molecule has 0 fully saturated rings. The number of aromatic nitrogens is 3. The molecule has 9 aromatic carbocycles. The second kappa shape index (κ2) is 14.0. The van der Waals surface area contributed by atoms with Crippen molar-refractivity contribution >= 4 is 71.6 Å². The van der Waals surface area contributed by atoms with E-state index in [0.29, 0.717) is 0 Å². The van der Waals surface area contributed by atoms with Gasteiger partial charge >= 0.3 is 0 Å². The molecular weight excluding hydrogens is 741 g/mol. The summed E-state index contributed by atoms with van der Waals surface area (Å²) in [5, 5.41) is 6.14. The normalized spacial score (nSPS) is 11.7. The first-order chi connectivity index (χ1) is 30.2. The first-order valence-corrected chi connectivity index (χ1v) is 20.9. The van der Waals surface area contributed by atoms with Gasteiger partial charge in [-0.25, -0.2) is 0 Å². The zero-order valence-corrected chi connectivity index (χ0v) is 33.7. The van der Waals surface area contributed by atoms with Crippen LogP contribution < -0.4 is 4.90 Å². The Balaban J connectivity index is 1.04. The van der Waals surface area contributed by atoms with Crippen molar-refractivity contribution in [3.05, 3.63) is 230 Å². The fraction of sp³-hybridized carbons (Fsp3) is 0.0175. The topological polar surface area (TPSA) is 18.0 Å². The van der Waals surface area contributed by atoms with E-state index in [2.05, 4.69) is 250 Å². The highest BCUT2D eigenvalue weighted by atomic mass is 15.1. The molecule has 3 heterocycles. The first-order valence-electron chi connectivity index (χ1n) is 20.9. The molecule has 288 valence electrons. The van der Waals surface area contributed by atoms with E-state index < -0.39 is 0 Å². The molecule has 0 aliphatic heterocycles. The van der Waals surface area contributed by atoms with Crippen LogP contribution in [0, 0.1) is 6.92 Å². The number of hydrogen-bond donors (Lipinski definition) is 0. The Hall–Kier alpha value is -8.08. The predicted octanol–water partition coefficient (Wildman–Crippen LogP) is 15.3. The summed E-state index contributed by atoms with van der Waals surface area (Å²) in [7, 11) is 0. The average molecular weight is 781 g/mol. The van der Waals surface area contributed by atoms with Gasteiger partial charge in [0.25, 0.3) is 0 Å². The maximum Gasteiger partial charge on any atom is 0.0635 e. The molecule has 12 aromatic rings. The fourth-order valence-electron chi connectivity index (χ4n) is 9.53. The van der Waals surface area contributed by atoms with Gasteiger partial charge in [0, 0.05) is 61.1 Å². The van der Waals surface area contributed by atoms with Crippen molar-refractivity contribution in [3.8, 4) is 28.3 Å². The van der Waals surface area contributed by atoms with Gasteiger partial charge in [0.2, 0.25) is 0 Å². The van der Waals surface area contributed by atoms with Gasteiger partial charge in [-0.2, -0.15) is 0 Å². The smallest absolute Gasteiger partial charge is 0.0635 e. The third kappa shape index (κ3) is 5.61. The van der Waals surface area contributed by atoms with Crippen molar-refractivity contribution in [1.29, 1.82) is 0 Å². The van der Waals surface area contributed by atoms with Crippen LogP contribution in [0.25, 0.3) is 82.8 Å². The van der Waals surface area contributed by atoms with Gasteiger partial charge in [0.05, 0.1) is 33.3 Å². The van der Waals surface area contributed by atoms with E-state index in [0.717, 1.165) is 34.1 Å². The zero-order valence-electron chi connectivity index (χ0n) is 33.7. The van der Waals surface area contributed by atoms with E-state index >= 15 is 0 Å². The van der Waals surface area contributed by atoms with Crippen LogP contribution in [0.4, 0.5) is 17.1 Å². The lowest BCUT2D eigenvalue weighted by Crippen LogP contribution is -2.10. The summed E-state index contributed by atoms with van der Waals surface area (Å²) in [6.45, 7) is 2.14. The molecule has 0 saturated heterocycles. The predicted molar refractivity (Wildman–Crippen MR) is 257 cm³/mol. The molecule has 0 N–H and O–H groups in total. The molecule has 0 radical (unpaired) electrons. The van der Waals surface area contributed by atoms with Gasteiger partial charge in [-0.3, -0.25) is 0 Å². The minimum Gasteiger partial charge on any atom is -0.310 e. The van der Waals surface area contributed by atoms with Gasteiger partial charge in [-0.15, -0.1) is 0 Å². The monoisotopic (exact) mass is 780 g/mol. The molecule has 0 bridgehead atoms. The van der Waals surface area contributed by atoms with E-state index in [1.165, 1.54) is 71.3 Å². The number of anilines is 3. The summed E-state index contributed by atoms with van der Waals surface area (Å²) in [6, 6.07) is 81.5. The first kappa shape index (κ1) is 34.9. The van der Waals surface area contributed by atoms with E-state index in [-0.39, 0.29) is 0 Å². The van der Waals surface area contributed by atoms with E-state index in [1.807, 2.05) is 0 Å². The maximum absolute atomic E-state index is 2.46. The van der Waals surface area contributed by atoms with Gasteiger partial charge in [-0.1, -0.05) is 127 Å². The van der Waals surface area contributed by atoms with E-state index in [9.17, 15) is 0 Å². The second-order valence-electron chi connectivity index (χ2n) is 15.9. The largest absolute Gasteiger partial charge is 0.310 e. The number of nitrogens with zero attached hydrogens (tertiary/aromatic N) is 4. The van der Waals surface area contributed by atoms with Gasteiger partial charge in [-0.05, 0) is 116 Å². The third-order valence-electron chi connectivity index (χ3n) is 12.3. The molecule has 4 nitrogen and oxygen atoms in total. The molecule has 3 aromatic heterocycles. The molecule has 0 saturated carbocycles. The Labute approximate surface area is 354 Å². The lowest BCUT2D eigenvalue weighted by atomic mass is 10.1. The Bertz CT molecular complexity index is 3560. The molecule has 0 aliphatic rings. The van der Waals surface area contributed by atoms with Crippen LogP contribution in [0.2, 0.25) is 0 Å². The average Bonchev–Trinajstić information content (AvgIpc) is 3.99. The number of fused-ring (bicyclic) bond motifs is 8. The van der Waals surface area contributed by atoms with Crippen LogP contribution >= 0.6 is 0 Å². The Morgan fingerprint density at radius 3 is 1.52 bits per heavy atom. The lowest BCUT2D eigenvalue weighted by Gasteiger charge is -2.26. The highest BCUT2D eigenvalue weighted by Crippen LogP contribution is 2.43. The highest BCUT2D eigenvalue weighted by molar-refractivity contribution is 6.19. The second-order valence-corrected chi connectivity index (χ2v) is 15.9. The minimum absolute atomic E-state index is 1.09. The Morgan fingerprint density at radius 2 is 0.803 bits per heavy atom. The molecule has 0 atom stereocenters. The Kier molecular flexibility index (Phi) is 8.04. The molecule has 0 unspecified atom stereocenters. The van der Waals surface area contributed by atoms with Crippen molar-refractivity contribution in [2.75, 3.05) is 4.90 Å². The maximum atomic E-state index is 2.46. The fourth-order valence-corrected chi connectivity index (χ4v) is 9.53. The molecule has 0 amide bonds. The minimum atomic E-state index is 1.09. The van der Waals surface area contributed by atoms with Crippen LogP contribution in [0.5, 0.6) is 0 Å². The summed E-state index contributed by atoms with van der Waals surface area (Å²) in [6.07, 6.45) is 0. The van der Waals surface area contributed by atoms with Crippen molar-refractivity contribution in [2.24, 2.45) is 0 Å². The van der Waals surface area contributed by atoms with E-state index in [1.54, 1.807) is 0 Å². The number of rotatable bonds is 7. The number of hydrogen-bond acceptors (Lipinski definition) is 1. The van der Waals surface area contributed by atoms with Crippen LogP contribution in [0.1, 0.15) is 5.56 Å². The van der Waals surface area contributed by atoms with Crippen LogP contribution in [0.3, 0.4) is 0 Å². The van der Waals surface area contributed by atoms with Gasteiger partial charge in [0.1, 0.15) is 0 Å². The zero-order chi connectivity index (χ0) is 40.4. The van der Waals surface area contributed by atoms with E-state index in [4.69, 9.17) is 0 Å². The standard InChI is InChI=1S/C57H40N4/c1-39-25-27-44(28-26-39)59-52-23-13-12-22-48(52)50-37-46(33-35-54(50)59)58(41-17-7-3-8-18-41)43-29-31-45(32-30-43)61-53-24-14-11-21-47(53)49-34-36-55-51(57(49)61)38-56(40-15-5-2-6-16-40)60(55)42-19-9-4-10-20-42/h2-38H,1H3. The SMILES string of the molecule is Cc1ccc(-n2c3ccccc3c3cc(N(c4ccccc4)c4ccc(-n5c6ccccc6c6ccc7c(cc(-c8ccccc8)n7-c7ccccc7)c65)cc4)ccc32)cc1. The molecule has 0 spiro atoms. The van der Waals surface area contributed by atoms with Crippen LogP contribution in [0.15, 0.2) is 224 Å². The summed E-state index contributed by atoms with van der Waals surface area (Å²) < 4.78 is 7.25. The van der Waals surface area contributed by atoms with Crippen molar-refractivity contribution in [1.82, 2.24) is 13.7 Å². The van der Waals surface area contributed by atoms with Crippen LogP contribution in [-0.2, 0) is 0 Å². The molecular formula is C57H40N4. The third-order valence-corrected chi connectivity index (χ3v) is 12.3. The highest BCUT2D eigenvalue weighted by Gasteiger charge is 2.22. The number of benzene rings is 9. The van der Waals surface area contributed by atoms with Crippen molar-refractivity contribution in [2.45, 2.75) is 6.92 Å². The summed E-state index contributed by atoms with van der Waals surface area (Å²) in [5.74, 6) is 0. The number of aryl methyl sites for hydroxylation is 1. The van der Waals surface area contributed by atoms with Crippen molar-refractivity contribution < 1.29 is 0 Å². The molecule has 61 heavy (non-hydrogen) atoms. The Morgan fingerprint density at radius 1 is 0.311 bits per heavy atom. The summed E-state index contributed by atoms with van der Waals surface area (Å²) in [5.41, 5.74) is 16.3. The molecule has 12 rings (SSSR count). The van der Waals surface area contributed by atoms with Gasteiger partial charge < -0.3 is 18.6 Å². The quantitative estimate of drug-likeness (QED) is 0.158.